The molecule has 0 aromatic carbocycles. The number of nitrogens with one attached hydrogen (secondary N) is 1. The average molecular weight is 147 g/mol. The normalized spacial score (nSPS) is 15.5. The van der Waals surface area contributed by atoms with Gasteiger partial charge in [-0.1, -0.05) is 6.08 Å². The first kappa shape index (κ1) is 6.40. The summed E-state index contributed by atoms with van der Waals surface area (Å²) in [6, 6.07) is 1.95. The van der Waals surface area contributed by atoms with E-state index in [-0.39, 0.29) is 0 Å². The minimum Gasteiger partial charge on any atom is -0.364 e. The fourth-order valence-electron chi connectivity index (χ4n) is 1.47. The van der Waals surface area contributed by atoms with Gasteiger partial charge in [0.05, 0.1) is 0 Å². The zero-order valence-electron chi connectivity index (χ0n) is 6.13. The first-order valence-electron chi connectivity index (χ1n) is 3.74. The molecule has 1 aliphatic rings. The molecule has 0 bridgehead atoms. The summed E-state index contributed by atoms with van der Waals surface area (Å²) < 4.78 is 0. The fourth-order valence-corrected chi connectivity index (χ4v) is 1.47. The van der Waals surface area contributed by atoms with Crippen LogP contribution in [0.2, 0.25) is 0 Å². The van der Waals surface area contributed by atoms with Crippen LogP contribution < -0.4 is 0 Å². The van der Waals surface area contributed by atoms with Crippen molar-refractivity contribution in [3.63, 3.8) is 0 Å². The molecule has 1 aliphatic carbocycles. The van der Waals surface area contributed by atoms with Gasteiger partial charge in [0.1, 0.15) is 6.29 Å². The Morgan fingerprint density at radius 1 is 1.55 bits per heavy atom. The van der Waals surface area contributed by atoms with E-state index < -0.39 is 0 Å². The van der Waals surface area contributed by atoms with E-state index in [1.807, 2.05) is 18.3 Å². The summed E-state index contributed by atoms with van der Waals surface area (Å²) in [6.07, 6.45) is 6.80. The fraction of sp³-hybridized carbons (Fsp3) is 0.222. The lowest BCUT2D eigenvalue weighted by Crippen LogP contribution is -1.97. The van der Waals surface area contributed by atoms with Gasteiger partial charge >= 0.3 is 0 Å². The van der Waals surface area contributed by atoms with Crippen molar-refractivity contribution in [2.24, 2.45) is 0 Å². The summed E-state index contributed by atoms with van der Waals surface area (Å²) in [4.78, 5) is 13.7. The molecular weight excluding hydrogens is 138 g/mol. The highest BCUT2D eigenvalue weighted by atomic mass is 16.1. The molecule has 2 nitrogen and oxygen atoms in total. The largest absolute Gasteiger partial charge is 0.364 e. The van der Waals surface area contributed by atoms with Gasteiger partial charge in [-0.25, -0.2) is 0 Å². The lowest BCUT2D eigenvalue weighted by molar-refractivity contribution is -0.103. The van der Waals surface area contributed by atoms with Gasteiger partial charge in [0.15, 0.2) is 0 Å². The second-order valence-corrected chi connectivity index (χ2v) is 2.69. The molecular formula is C9H9NO. The van der Waals surface area contributed by atoms with Gasteiger partial charge in [-0.15, -0.1) is 0 Å². The van der Waals surface area contributed by atoms with Crippen LogP contribution in [0.3, 0.4) is 0 Å². The molecule has 0 fully saturated rings. The lowest BCUT2D eigenvalue weighted by atomic mass is 9.98. The van der Waals surface area contributed by atoms with Gasteiger partial charge in [-0.3, -0.25) is 4.79 Å². The summed E-state index contributed by atoms with van der Waals surface area (Å²) in [5, 5.41) is 0. The number of hydrogen-bond acceptors (Lipinski definition) is 1. The van der Waals surface area contributed by atoms with Gasteiger partial charge < -0.3 is 4.98 Å². The Balaban J connectivity index is 2.52. The molecule has 1 heterocycles. The summed E-state index contributed by atoms with van der Waals surface area (Å²) in [5.41, 5.74) is 3.09. The number of rotatable bonds is 1. The molecule has 0 aliphatic heterocycles. The maximum absolute atomic E-state index is 10.5. The molecule has 1 aromatic rings. The van der Waals surface area contributed by atoms with Crippen LogP contribution in [0.15, 0.2) is 18.3 Å². The van der Waals surface area contributed by atoms with E-state index in [1.165, 1.54) is 5.69 Å². The van der Waals surface area contributed by atoms with Crippen LogP contribution in [0.1, 0.15) is 17.7 Å². The summed E-state index contributed by atoms with van der Waals surface area (Å²) >= 11 is 0. The van der Waals surface area contributed by atoms with E-state index in [0.29, 0.717) is 0 Å². The average Bonchev–Trinajstić information content (AvgIpc) is 2.50. The van der Waals surface area contributed by atoms with E-state index in [9.17, 15) is 4.79 Å². The first-order valence-corrected chi connectivity index (χ1v) is 3.74. The third kappa shape index (κ3) is 0.909. The maximum Gasteiger partial charge on any atom is 0.150 e. The van der Waals surface area contributed by atoms with Crippen molar-refractivity contribution in [2.45, 2.75) is 12.8 Å². The van der Waals surface area contributed by atoms with E-state index in [2.05, 4.69) is 4.98 Å². The minimum absolute atomic E-state index is 0.826. The second kappa shape index (κ2) is 2.38. The molecule has 0 amide bonds. The first-order chi connectivity index (χ1) is 5.42. The molecule has 0 saturated heterocycles. The second-order valence-electron chi connectivity index (χ2n) is 2.69. The van der Waals surface area contributed by atoms with Gasteiger partial charge in [-0.2, -0.15) is 0 Å². The zero-order valence-corrected chi connectivity index (χ0v) is 6.13. The van der Waals surface area contributed by atoms with Crippen molar-refractivity contribution >= 4 is 11.9 Å². The minimum atomic E-state index is 0.826. The van der Waals surface area contributed by atoms with Gasteiger partial charge in [0.25, 0.3) is 0 Å². The number of allylic oxidation sites excluding steroid dienone is 2. The Kier molecular flexibility index (Phi) is 1.39. The molecule has 0 unspecified atom stereocenters. The number of aldehydes is 1. The van der Waals surface area contributed by atoms with E-state index in [4.69, 9.17) is 0 Å². The topological polar surface area (TPSA) is 32.9 Å². The van der Waals surface area contributed by atoms with E-state index >= 15 is 0 Å². The maximum atomic E-state index is 10.5. The molecule has 1 N–H and O–H groups in total. The van der Waals surface area contributed by atoms with Crippen LogP contribution in [-0.4, -0.2) is 11.3 Å². The van der Waals surface area contributed by atoms with Crippen molar-refractivity contribution in [1.29, 1.82) is 0 Å². The molecule has 1 aromatic heterocycles. The van der Waals surface area contributed by atoms with E-state index in [1.54, 1.807) is 0 Å². The monoisotopic (exact) mass is 147 g/mol. The molecule has 0 radical (unpaired) electrons. The van der Waals surface area contributed by atoms with Crippen molar-refractivity contribution in [2.75, 3.05) is 0 Å². The van der Waals surface area contributed by atoms with E-state index in [0.717, 1.165) is 30.3 Å². The number of H-pyrrole nitrogens is 1. The quantitative estimate of drug-likeness (QED) is 0.600. The molecule has 2 heteroatoms. The van der Waals surface area contributed by atoms with Crippen LogP contribution in [-0.2, 0) is 11.2 Å². The predicted octanol–water partition coefficient (Wildman–Crippen LogP) is 1.54. The third-order valence-electron chi connectivity index (χ3n) is 2.03. The van der Waals surface area contributed by atoms with Crippen molar-refractivity contribution in [1.82, 2.24) is 4.98 Å². The Morgan fingerprint density at radius 2 is 2.45 bits per heavy atom. The predicted molar refractivity (Wildman–Crippen MR) is 43.2 cm³/mol. The Hall–Kier alpha value is -1.31. The molecule has 0 spiro atoms. The summed E-state index contributed by atoms with van der Waals surface area (Å²) in [5.74, 6) is 0. The zero-order chi connectivity index (χ0) is 7.68. The van der Waals surface area contributed by atoms with Crippen LogP contribution in [0.5, 0.6) is 0 Å². The number of carbonyl (C=O) groups is 1. The number of hydrogen-bond donors (Lipinski definition) is 1. The van der Waals surface area contributed by atoms with Crippen molar-refractivity contribution in [3.8, 4) is 0 Å². The lowest BCUT2D eigenvalue weighted by Gasteiger charge is -2.07. The molecule has 56 valence electrons. The third-order valence-corrected chi connectivity index (χ3v) is 2.03. The van der Waals surface area contributed by atoms with Crippen LogP contribution >= 0.6 is 0 Å². The van der Waals surface area contributed by atoms with Crippen LogP contribution in [0, 0.1) is 0 Å². The highest BCUT2D eigenvalue weighted by molar-refractivity contribution is 6.07. The standard InChI is InChI=1S/C9H9NO/c11-6-7-2-1-3-9-8(7)4-5-10-9/h2,4-6,10H,1,3H2. The number of fused-ring (bicyclic) bond motifs is 1. The number of aryl methyl sites for hydroxylation is 1. The smallest absolute Gasteiger partial charge is 0.150 e. The number of aromatic nitrogens is 1. The van der Waals surface area contributed by atoms with Crippen LogP contribution in [0.4, 0.5) is 0 Å². The van der Waals surface area contributed by atoms with Gasteiger partial charge in [-0.05, 0) is 18.9 Å². The van der Waals surface area contributed by atoms with Crippen molar-refractivity contribution < 1.29 is 4.79 Å². The van der Waals surface area contributed by atoms with Crippen LogP contribution in [0.25, 0.3) is 5.57 Å². The summed E-state index contributed by atoms with van der Waals surface area (Å²) in [7, 11) is 0. The number of carbonyl (C=O) groups excluding carboxylic acids is 1. The van der Waals surface area contributed by atoms with Crippen molar-refractivity contribution in [3.05, 3.63) is 29.6 Å². The molecule has 11 heavy (non-hydrogen) atoms. The molecule has 0 atom stereocenters. The Morgan fingerprint density at radius 3 is 3.27 bits per heavy atom. The highest BCUT2D eigenvalue weighted by Gasteiger charge is 2.11. The Bertz CT molecular complexity index is 309. The van der Waals surface area contributed by atoms with Gasteiger partial charge in [0, 0.05) is 23.0 Å². The molecule has 0 saturated carbocycles. The summed E-state index contributed by atoms with van der Waals surface area (Å²) in [6.45, 7) is 0. The Labute approximate surface area is 64.9 Å². The van der Waals surface area contributed by atoms with Gasteiger partial charge in [0.2, 0.25) is 0 Å². The highest BCUT2D eigenvalue weighted by Crippen LogP contribution is 2.23. The molecule has 2 rings (SSSR count). The number of aromatic amines is 1. The SMILES string of the molecule is O=CC1=CCCc2[nH]ccc21.